The van der Waals surface area contributed by atoms with Gasteiger partial charge in [-0.25, -0.2) is 9.63 Å². The molecular weight excluding hydrogens is 388 g/mol. The molecule has 5 N–H and O–H groups in total. The van der Waals surface area contributed by atoms with Crippen LogP contribution in [0.25, 0.3) is 0 Å². The van der Waals surface area contributed by atoms with Gasteiger partial charge in [-0.3, -0.25) is 14.9 Å². The van der Waals surface area contributed by atoms with Crippen LogP contribution in [-0.2, 0) is 24.6 Å². The number of amides is 4. The molecule has 11 heteroatoms. The van der Waals surface area contributed by atoms with E-state index in [1.807, 2.05) is 0 Å². The Morgan fingerprint density at radius 1 is 1.10 bits per heavy atom. The van der Waals surface area contributed by atoms with Crippen LogP contribution in [-0.4, -0.2) is 80.6 Å². The van der Waals surface area contributed by atoms with Crippen molar-refractivity contribution >= 4 is 17.8 Å². The summed E-state index contributed by atoms with van der Waals surface area (Å²) in [5.41, 5.74) is -1.43. The first-order valence-corrected chi connectivity index (χ1v) is 9.00. The summed E-state index contributed by atoms with van der Waals surface area (Å²) in [5, 5.41) is 41.4. The second-order valence-electron chi connectivity index (χ2n) is 6.79. The highest BCUT2D eigenvalue weighted by molar-refractivity contribution is 6.22. The summed E-state index contributed by atoms with van der Waals surface area (Å²) in [6.07, 6.45) is -8.30. The van der Waals surface area contributed by atoms with Crippen molar-refractivity contribution in [2.45, 2.75) is 49.5 Å². The minimum absolute atomic E-state index is 0.00347. The van der Waals surface area contributed by atoms with Crippen LogP contribution in [0, 0.1) is 0 Å². The summed E-state index contributed by atoms with van der Waals surface area (Å²) in [5.74, 6) is -1.83. The number of nitrogens with one attached hydrogen (secondary N) is 1. The zero-order valence-corrected chi connectivity index (χ0v) is 15.5. The van der Waals surface area contributed by atoms with Gasteiger partial charge < -0.3 is 25.2 Å². The van der Waals surface area contributed by atoms with Crippen molar-refractivity contribution in [1.29, 1.82) is 0 Å². The molecule has 2 aliphatic rings. The topological polar surface area (TPSA) is 166 Å². The molecule has 3 rings (SSSR count). The number of imide groups is 2. The normalized spacial score (nSPS) is 35.6. The van der Waals surface area contributed by atoms with Crippen molar-refractivity contribution < 1.29 is 44.4 Å². The fourth-order valence-corrected chi connectivity index (χ4v) is 3.46. The summed E-state index contributed by atoms with van der Waals surface area (Å²) < 4.78 is 5.17. The van der Waals surface area contributed by atoms with E-state index in [-0.39, 0.29) is 11.5 Å². The van der Waals surface area contributed by atoms with E-state index in [1.54, 1.807) is 37.3 Å². The van der Waals surface area contributed by atoms with E-state index in [1.165, 1.54) is 0 Å². The van der Waals surface area contributed by atoms with Gasteiger partial charge in [-0.2, -0.15) is 0 Å². The van der Waals surface area contributed by atoms with Gasteiger partial charge in [0.25, 0.3) is 5.91 Å². The lowest BCUT2D eigenvalue weighted by molar-refractivity contribution is -0.343. The number of nitrogens with zero attached hydrogens (tertiary/aromatic N) is 1. The quantitative estimate of drug-likeness (QED) is 0.350. The van der Waals surface area contributed by atoms with Crippen molar-refractivity contribution in [2.75, 3.05) is 6.61 Å². The molecule has 0 aliphatic carbocycles. The Kier molecular flexibility index (Phi) is 5.98. The van der Waals surface area contributed by atoms with Crippen molar-refractivity contribution in [1.82, 2.24) is 10.4 Å². The number of benzene rings is 1. The summed E-state index contributed by atoms with van der Waals surface area (Å²) in [7, 11) is 0. The van der Waals surface area contributed by atoms with Gasteiger partial charge in [0, 0.05) is 0 Å². The molecule has 0 aromatic heterocycles. The highest BCUT2D eigenvalue weighted by atomic mass is 16.8. The minimum atomic E-state index is -1.83. The summed E-state index contributed by atoms with van der Waals surface area (Å²) in [6, 6.07) is 6.88. The fourth-order valence-electron chi connectivity index (χ4n) is 3.46. The zero-order chi connectivity index (χ0) is 21.3. The lowest BCUT2D eigenvalue weighted by atomic mass is 9.75. The Labute approximate surface area is 165 Å². The molecule has 0 radical (unpaired) electrons. The minimum Gasteiger partial charge on any atom is -0.394 e. The van der Waals surface area contributed by atoms with E-state index >= 15 is 0 Å². The predicted octanol–water partition coefficient (Wildman–Crippen LogP) is -1.86. The van der Waals surface area contributed by atoms with Gasteiger partial charge in [0.2, 0.25) is 12.2 Å². The number of hydrogen-bond acceptors (Lipinski definition) is 9. The van der Waals surface area contributed by atoms with Crippen molar-refractivity contribution in [3.05, 3.63) is 35.9 Å². The standard InChI is InChI=1S/C18H22N2O9/c1-2-18(9-6-4-3-5-7-9)15(25)19-17(27)20(16(18)26)29-14-13(24)12(23)11(22)10(8-21)28-14/h3-7,10-14,21-24H,2,8H2,1H3,(H,19,25,27)/t10-,11-,12+,13-,14+,18?/m1/s1. The third-order valence-electron chi connectivity index (χ3n) is 5.20. The molecule has 2 aliphatic heterocycles. The molecule has 0 bridgehead atoms. The van der Waals surface area contributed by atoms with Crippen LogP contribution >= 0.6 is 0 Å². The second kappa shape index (κ2) is 8.14. The van der Waals surface area contributed by atoms with Crippen LogP contribution < -0.4 is 5.32 Å². The van der Waals surface area contributed by atoms with E-state index in [9.17, 15) is 34.8 Å². The van der Waals surface area contributed by atoms with Gasteiger partial charge >= 0.3 is 6.03 Å². The third-order valence-corrected chi connectivity index (χ3v) is 5.20. The Balaban J connectivity index is 1.92. The van der Waals surface area contributed by atoms with Crippen molar-refractivity contribution in [2.24, 2.45) is 0 Å². The highest BCUT2D eigenvalue weighted by Crippen LogP contribution is 2.34. The first kappa shape index (κ1) is 21.3. The zero-order valence-electron chi connectivity index (χ0n) is 15.5. The monoisotopic (exact) mass is 410 g/mol. The van der Waals surface area contributed by atoms with E-state index in [2.05, 4.69) is 5.32 Å². The van der Waals surface area contributed by atoms with Gasteiger partial charge in [0.05, 0.1) is 6.61 Å². The first-order chi connectivity index (χ1) is 13.8. The number of rotatable bonds is 5. The fraction of sp³-hybridized carbons (Fsp3) is 0.500. The SMILES string of the molecule is CCC1(c2ccccc2)C(=O)NC(=O)N(O[C@@H]2O[C@H](CO)[C@@H](O)[C@H](O)[C@H]2O)C1=O. The molecule has 2 heterocycles. The Bertz CT molecular complexity index is 787. The van der Waals surface area contributed by atoms with Gasteiger partial charge in [-0.1, -0.05) is 37.3 Å². The van der Waals surface area contributed by atoms with Crippen LogP contribution in [0.1, 0.15) is 18.9 Å². The smallest absolute Gasteiger partial charge is 0.355 e. The van der Waals surface area contributed by atoms with Gasteiger partial charge in [0.15, 0.2) is 5.41 Å². The molecule has 6 atom stereocenters. The predicted molar refractivity (Wildman–Crippen MR) is 93.6 cm³/mol. The average molecular weight is 410 g/mol. The average Bonchev–Trinajstić information content (AvgIpc) is 2.72. The molecule has 1 aromatic carbocycles. The number of hydrogen-bond donors (Lipinski definition) is 5. The molecule has 2 saturated heterocycles. The molecule has 1 aromatic rings. The number of aliphatic hydroxyl groups is 4. The molecule has 29 heavy (non-hydrogen) atoms. The lowest BCUT2D eigenvalue weighted by Crippen LogP contribution is -2.68. The van der Waals surface area contributed by atoms with E-state index in [0.29, 0.717) is 5.56 Å². The molecule has 0 saturated carbocycles. The summed E-state index contributed by atoms with van der Waals surface area (Å²) >= 11 is 0. The number of urea groups is 1. The van der Waals surface area contributed by atoms with E-state index in [4.69, 9.17) is 9.57 Å². The number of aliphatic hydroxyl groups excluding tert-OH is 4. The Morgan fingerprint density at radius 3 is 2.34 bits per heavy atom. The Hall–Kier alpha value is -2.41. The summed E-state index contributed by atoms with van der Waals surface area (Å²) in [4.78, 5) is 43.3. The van der Waals surface area contributed by atoms with Crippen molar-refractivity contribution in [3.63, 3.8) is 0 Å². The van der Waals surface area contributed by atoms with Crippen LogP contribution in [0.3, 0.4) is 0 Å². The summed E-state index contributed by atoms with van der Waals surface area (Å²) in [6.45, 7) is 0.874. The van der Waals surface area contributed by atoms with Crippen LogP contribution in [0.15, 0.2) is 30.3 Å². The van der Waals surface area contributed by atoms with Gasteiger partial charge in [0.1, 0.15) is 24.4 Å². The molecule has 4 amide bonds. The first-order valence-electron chi connectivity index (χ1n) is 9.00. The largest absolute Gasteiger partial charge is 0.394 e. The maximum absolute atomic E-state index is 13.2. The number of carbonyl (C=O) groups excluding carboxylic acids is 3. The van der Waals surface area contributed by atoms with Crippen LogP contribution in [0.4, 0.5) is 4.79 Å². The maximum atomic E-state index is 13.2. The molecule has 158 valence electrons. The molecule has 2 fully saturated rings. The van der Waals surface area contributed by atoms with Crippen LogP contribution in [0.2, 0.25) is 0 Å². The number of ether oxygens (including phenoxy) is 1. The maximum Gasteiger partial charge on any atom is 0.355 e. The van der Waals surface area contributed by atoms with E-state index < -0.39 is 60.6 Å². The lowest BCUT2D eigenvalue weighted by Gasteiger charge is -2.43. The van der Waals surface area contributed by atoms with E-state index in [0.717, 1.165) is 0 Å². The third kappa shape index (κ3) is 3.41. The van der Waals surface area contributed by atoms with Crippen LogP contribution in [0.5, 0.6) is 0 Å². The number of hydroxylamine groups is 2. The van der Waals surface area contributed by atoms with Crippen molar-refractivity contribution in [3.8, 4) is 0 Å². The second-order valence-corrected chi connectivity index (χ2v) is 6.79. The number of carbonyl (C=O) groups is 3. The van der Waals surface area contributed by atoms with Gasteiger partial charge in [-0.05, 0) is 12.0 Å². The van der Waals surface area contributed by atoms with Gasteiger partial charge in [-0.15, -0.1) is 5.06 Å². The molecule has 11 nitrogen and oxygen atoms in total. The molecule has 0 spiro atoms. The Morgan fingerprint density at radius 2 is 1.76 bits per heavy atom. The molecular formula is C18H22N2O9. The highest BCUT2D eigenvalue weighted by Gasteiger charge is 2.56. The number of barbiturate groups is 1. The molecule has 1 unspecified atom stereocenters.